The van der Waals surface area contributed by atoms with E-state index in [1.807, 2.05) is 11.7 Å². The summed E-state index contributed by atoms with van der Waals surface area (Å²) in [5.41, 5.74) is 4.95. The minimum absolute atomic E-state index is 0.283. The summed E-state index contributed by atoms with van der Waals surface area (Å²) in [6.45, 7) is 14.4. The highest BCUT2D eigenvalue weighted by Gasteiger charge is 2.14. The molecule has 2 aromatic rings. The summed E-state index contributed by atoms with van der Waals surface area (Å²) in [6, 6.07) is 10.9. The summed E-state index contributed by atoms with van der Waals surface area (Å²) in [6.07, 6.45) is 1.96. The minimum Gasteiger partial charge on any atom is -0.372 e. The van der Waals surface area contributed by atoms with E-state index in [9.17, 15) is 0 Å². The Bertz CT molecular complexity index is 765. The molecular formula is C23H38N6. The quantitative estimate of drug-likeness (QED) is 0.366. The molecule has 29 heavy (non-hydrogen) atoms. The Balaban J connectivity index is 1.88. The van der Waals surface area contributed by atoms with Gasteiger partial charge in [0.25, 0.3) is 0 Å². The highest BCUT2D eigenvalue weighted by Crippen LogP contribution is 2.14. The minimum atomic E-state index is 0.283. The molecule has 6 nitrogen and oxygen atoms in total. The van der Waals surface area contributed by atoms with Gasteiger partial charge in [0.05, 0.1) is 5.69 Å². The second-order valence-electron chi connectivity index (χ2n) is 7.55. The fourth-order valence-electron chi connectivity index (χ4n) is 3.58. The van der Waals surface area contributed by atoms with Gasteiger partial charge in [-0.2, -0.15) is 5.10 Å². The Morgan fingerprint density at radius 2 is 1.93 bits per heavy atom. The molecule has 0 radical (unpaired) electrons. The number of nitrogens with zero attached hydrogens (tertiary/aromatic N) is 4. The number of guanidine groups is 1. The molecule has 0 aliphatic rings. The molecule has 2 rings (SSSR count). The lowest BCUT2D eigenvalue weighted by molar-refractivity contribution is 0.634. The van der Waals surface area contributed by atoms with Crippen LogP contribution < -0.4 is 15.5 Å². The molecule has 0 aliphatic carbocycles. The maximum Gasteiger partial charge on any atom is 0.191 e. The van der Waals surface area contributed by atoms with Gasteiger partial charge in [0.1, 0.15) is 0 Å². The summed E-state index contributed by atoms with van der Waals surface area (Å²) in [5.74, 6) is 0.891. The molecule has 160 valence electrons. The van der Waals surface area contributed by atoms with Crippen molar-refractivity contribution in [1.82, 2.24) is 20.4 Å². The van der Waals surface area contributed by atoms with Crippen molar-refractivity contribution < 1.29 is 0 Å². The first kappa shape index (κ1) is 22.8. The van der Waals surface area contributed by atoms with Gasteiger partial charge >= 0.3 is 0 Å². The fraction of sp³-hybridized carbons (Fsp3) is 0.565. The van der Waals surface area contributed by atoms with Gasteiger partial charge in [0.15, 0.2) is 5.96 Å². The van der Waals surface area contributed by atoms with Crippen LogP contribution in [0.5, 0.6) is 0 Å². The number of hydrogen-bond acceptors (Lipinski definition) is 3. The number of nitrogens with one attached hydrogen (secondary N) is 2. The van der Waals surface area contributed by atoms with Gasteiger partial charge in [-0.1, -0.05) is 18.2 Å². The second kappa shape index (κ2) is 11.5. The van der Waals surface area contributed by atoms with Crippen LogP contribution in [0.4, 0.5) is 5.69 Å². The first-order valence-corrected chi connectivity index (χ1v) is 10.8. The number of para-hydroxylation sites is 1. The van der Waals surface area contributed by atoms with Crippen LogP contribution in [-0.4, -0.2) is 48.0 Å². The van der Waals surface area contributed by atoms with E-state index >= 15 is 0 Å². The van der Waals surface area contributed by atoms with E-state index in [2.05, 4.69) is 85.6 Å². The lowest BCUT2D eigenvalue weighted by Gasteiger charge is -2.23. The lowest BCUT2D eigenvalue weighted by atomic mass is 10.1. The smallest absolute Gasteiger partial charge is 0.191 e. The number of hydrogen-bond donors (Lipinski definition) is 2. The van der Waals surface area contributed by atoms with Gasteiger partial charge in [-0.05, 0) is 65.2 Å². The van der Waals surface area contributed by atoms with Crippen molar-refractivity contribution in [2.75, 3.05) is 31.1 Å². The topological polar surface area (TPSA) is 57.5 Å². The second-order valence-corrected chi connectivity index (χ2v) is 7.55. The lowest BCUT2D eigenvalue weighted by Crippen LogP contribution is -2.43. The number of rotatable bonds is 10. The largest absolute Gasteiger partial charge is 0.372 e. The van der Waals surface area contributed by atoms with E-state index in [-0.39, 0.29) is 6.04 Å². The Kier molecular flexibility index (Phi) is 9.03. The summed E-state index contributed by atoms with van der Waals surface area (Å²) >= 11 is 0. The zero-order valence-corrected chi connectivity index (χ0v) is 19.0. The third-order valence-corrected chi connectivity index (χ3v) is 5.26. The van der Waals surface area contributed by atoms with Crippen LogP contribution in [0.1, 0.15) is 44.1 Å². The third-order valence-electron chi connectivity index (χ3n) is 5.26. The molecule has 0 spiro atoms. The molecule has 0 bridgehead atoms. The molecule has 0 saturated carbocycles. The molecule has 1 aromatic carbocycles. The van der Waals surface area contributed by atoms with Gasteiger partial charge in [-0.15, -0.1) is 0 Å². The molecule has 1 heterocycles. The van der Waals surface area contributed by atoms with Gasteiger partial charge in [-0.3, -0.25) is 9.67 Å². The number of aryl methyl sites for hydroxylation is 2. The predicted octanol–water partition coefficient (Wildman–Crippen LogP) is 3.44. The van der Waals surface area contributed by atoms with Crippen molar-refractivity contribution in [3.8, 4) is 0 Å². The predicted molar refractivity (Wildman–Crippen MR) is 124 cm³/mol. The molecular weight excluding hydrogens is 360 g/mol. The first-order chi connectivity index (χ1) is 14.0. The molecule has 1 atom stereocenters. The molecule has 0 saturated heterocycles. The summed E-state index contributed by atoms with van der Waals surface area (Å²) < 4.78 is 1.96. The summed E-state index contributed by atoms with van der Waals surface area (Å²) in [7, 11) is 2.00. The van der Waals surface area contributed by atoms with Crippen molar-refractivity contribution in [2.24, 2.45) is 12.0 Å². The normalized spacial score (nSPS) is 12.7. The van der Waals surface area contributed by atoms with Crippen LogP contribution >= 0.6 is 0 Å². The summed E-state index contributed by atoms with van der Waals surface area (Å²) in [4.78, 5) is 7.19. The van der Waals surface area contributed by atoms with Crippen molar-refractivity contribution in [2.45, 2.75) is 53.5 Å². The fourth-order valence-corrected chi connectivity index (χ4v) is 3.58. The van der Waals surface area contributed by atoms with E-state index in [1.165, 1.54) is 16.9 Å². The van der Waals surface area contributed by atoms with E-state index < -0.39 is 0 Å². The average Bonchev–Trinajstić information content (AvgIpc) is 2.94. The Morgan fingerprint density at radius 1 is 1.21 bits per heavy atom. The van der Waals surface area contributed by atoms with Gasteiger partial charge in [-0.25, -0.2) is 0 Å². The van der Waals surface area contributed by atoms with Gasteiger partial charge < -0.3 is 15.5 Å². The average molecular weight is 399 g/mol. The molecule has 1 aromatic heterocycles. The maximum atomic E-state index is 4.79. The van der Waals surface area contributed by atoms with Crippen molar-refractivity contribution >= 4 is 11.6 Å². The van der Waals surface area contributed by atoms with E-state index in [1.54, 1.807) is 0 Å². The van der Waals surface area contributed by atoms with Crippen molar-refractivity contribution in [1.29, 1.82) is 0 Å². The zero-order valence-electron chi connectivity index (χ0n) is 19.0. The molecule has 0 amide bonds. The number of anilines is 1. The standard InChI is InChI=1S/C23H38N6/c1-7-24-23(26-18(3)17-22-19(4)27-28(6)20(22)5)25-15-12-16-29(8-2)21-13-10-9-11-14-21/h9-11,13-14,18H,7-8,12,15-17H2,1-6H3,(H2,24,25,26). The van der Waals surface area contributed by atoms with E-state index in [0.717, 1.165) is 50.7 Å². The van der Waals surface area contributed by atoms with E-state index in [0.29, 0.717) is 0 Å². The van der Waals surface area contributed by atoms with Crippen molar-refractivity contribution in [3.05, 3.63) is 47.3 Å². The molecule has 0 aliphatic heterocycles. The SMILES string of the molecule is CCNC(=NCCCN(CC)c1ccccc1)NC(C)Cc1c(C)nn(C)c1C. The highest BCUT2D eigenvalue weighted by atomic mass is 15.3. The molecule has 6 heteroatoms. The van der Waals surface area contributed by atoms with Crippen LogP contribution in [0.2, 0.25) is 0 Å². The van der Waals surface area contributed by atoms with E-state index in [4.69, 9.17) is 4.99 Å². The number of benzene rings is 1. The Hall–Kier alpha value is -2.50. The maximum absolute atomic E-state index is 4.79. The molecule has 2 N–H and O–H groups in total. The van der Waals surface area contributed by atoms with Crippen LogP contribution in [0.15, 0.2) is 35.3 Å². The Labute approximate surface area is 176 Å². The van der Waals surface area contributed by atoms with Crippen LogP contribution in [0, 0.1) is 13.8 Å². The molecule has 1 unspecified atom stereocenters. The summed E-state index contributed by atoms with van der Waals surface area (Å²) in [5, 5.41) is 11.5. The third kappa shape index (κ3) is 6.80. The Morgan fingerprint density at radius 3 is 2.52 bits per heavy atom. The molecule has 0 fully saturated rings. The number of aliphatic imine (C=N–C) groups is 1. The van der Waals surface area contributed by atoms with Crippen LogP contribution in [0.25, 0.3) is 0 Å². The van der Waals surface area contributed by atoms with Crippen LogP contribution in [0.3, 0.4) is 0 Å². The van der Waals surface area contributed by atoms with Gasteiger partial charge in [0.2, 0.25) is 0 Å². The van der Waals surface area contributed by atoms with Crippen LogP contribution in [-0.2, 0) is 13.5 Å². The first-order valence-electron chi connectivity index (χ1n) is 10.8. The van der Waals surface area contributed by atoms with Crippen molar-refractivity contribution in [3.63, 3.8) is 0 Å². The van der Waals surface area contributed by atoms with Gasteiger partial charge in [0, 0.05) is 50.6 Å². The zero-order chi connectivity index (χ0) is 21.2. The monoisotopic (exact) mass is 398 g/mol. The number of aromatic nitrogens is 2. The highest BCUT2D eigenvalue weighted by molar-refractivity contribution is 5.80.